The van der Waals surface area contributed by atoms with Gasteiger partial charge in [-0.05, 0) is 64.7 Å². The van der Waals surface area contributed by atoms with E-state index in [0.29, 0.717) is 31.5 Å². The van der Waals surface area contributed by atoms with Crippen LogP contribution < -0.4 is 5.32 Å². The Bertz CT molecular complexity index is 933. The lowest BCUT2D eigenvalue weighted by atomic mass is 9.96. The van der Waals surface area contributed by atoms with Gasteiger partial charge in [0.25, 0.3) is 0 Å². The summed E-state index contributed by atoms with van der Waals surface area (Å²) < 4.78 is 83.3. The van der Waals surface area contributed by atoms with E-state index in [1.807, 2.05) is 19.2 Å². The van der Waals surface area contributed by atoms with Crippen LogP contribution >= 0.6 is 15.9 Å². The van der Waals surface area contributed by atoms with Crippen LogP contribution in [0.25, 0.3) is 0 Å². The first-order valence-electron chi connectivity index (χ1n) is 9.46. The summed E-state index contributed by atoms with van der Waals surface area (Å²) in [5, 5.41) is 2.92. The quantitative estimate of drug-likeness (QED) is 0.470. The number of pyridine rings is 1. The van der Waals surface area contributed by atoms with E-state index in [9.17, 15) is 31.1 Å². The van der Waals surface area contributed by atoms with Gasteiger partial charge in [0, 0.05) is 24.3 Å². The van der Waals surface area contributed by atoms with E-state index in [4.69, 9.17) is 4.74 Å². The Balaban J connectivity index is 0.000000269. The van der Waals surface area contributed by atoms with E-state index in [2.05, 4.69) is 26.2 Å². The van der Waals surface area contributed by atoms with Crippen LogP contribution in [-0.2, 0) is 17.1 Å². The summed E-state index contributed by atoms with van der Waals surface area (Å²) in [4.78, 5) is 17.0. The molecule has 2 fully saturated rings. The predicted octanol–water partition coefficient (Wildman–Crippen LogP) is 6.27. The number of fused-ring (bicyclic) bond motifs is 1. The molecule has 2 saturated heterocycles. The van der Waals surface area contributed by atoms with Gasteiger partial charge < -0.3 is 15.0 Å². The van der Waals surface area contributed by atoms with Gasteiger partial charge in [0.2, 0.25) is 0 Å². The summed E-state index contributed by atoms with van der Waals surface area (Å²) >= 11 is 3.28. The number of cyclic esters (lactones) is 1. The lowest BCUT2D eigenvalue weighted by Gasteiger charge is -2.20. The van der Waals surface area contributed by atoms with Gasteiger partial charge in [0.05, 0.1) is 17.2 Å². The second kappa shape index (κ2) is 9.16. The topological polar surface area (TPSA) is 54.5 Å². The molecule has 1 aromatic heterocycles. The third-order valence-electron chi connectivity index (χ3n) is 5.03. The first-order valence-corrected chi connectivity index (χ1v) is 10.3. The van der Waals surface area contributed by atoms with Crippen molar-refractivity contribution >= 4 is 27.8 Å². The maximum Gasteiger partial charge on any atom is 0.416 e. The Hall–Kier alpha value is -2.50. The van der Waals surface area contributed by atoms with Gasteiger partial charge in [-0.1, -0.05) is 0 Å². The molecule has 0 saturated carbocycles. The first-order chi connectivity index (χ1) is 14.9. The van der Waals surface area contributed by atoms with Crippen molar-refractivity contribution < 1.29 is 35.9 Å². The van der Waals surface area contributed by atoms with Crippen molar-refractivity contribution in [3.8, 4) is 0 Å². The third-order valence-corrected chi connectivity index (χ3v) is 5.50. The van der Waals surface area contributed by atoms with Crippen LogP contribution in [0.4, 0.5) is 37.0 Å². The number of carbonyl (C=O) groups excluding carboxylic acids is 1. The number of aromatic nitrogens is 1. The smallest absolute Gasteiger partial charge is 0.416 e. The van der Waals surface area contributed by atoms with Crippen molar-refractivity contribution in [1.82, 2.24) is 9.88 Å². The van der Waals surface area contributed by atoms with Gasteiger partial charge in [0.15, 0.2) is 0 Å². The standard InChI is InChI=1S/C14H11F6NO2.C6H7BrN2/c15-13(16,17)8-4-7(5-9(6-8)14(18,19)20)11-10-2-1-3-21(10)12(22)23-11;1-8-6-3-2-5(7)4-9-6/h4-6,10-11H,1-3H2;2-4H,1H3,(H,8,9). The minimum atomic E-state index is -4.92. The van der Waals surface area contributed by atoms with E-state index >= 15 is 0 Å². The zero-order valence-corrected chi connectivity index (χ0v) is 18.2. The highest BCUT2D eigenvalue weighted by molar-refractivity contribution is 9.10. The number of nitrogens with one attached hydrogen (secondary N) is 1. The Labute approximate surface area is 187 Å². The van der Waals surface area contributed by atoms with Gasteiger partial charge in [-0.2, -0.15) is 26.3 Å². The molecule has 5 nitrogen and oxygen atoms in total. The number of hydrogen-bond acceptors (Lipinski definition) is 4. The molecule has 1 N–H and O–H groups in total. The molecule has 12 heteroatoms. The molecule has 4 rings (SSSR count). The minimum absolute atomic E-state index is 0.0622. The van der Waals surface area contributed by atoms with Crippen molar-refractivity contribution in [3.63, 3.8) is 0 Å². The maximum absolute atomic E-state index is 12.9. The van der Waals surface area contributed by atoms with Crippen LogP contribution in [0, 0.1) is 0 Å². The number of alkyl halides is 6. The average Bonchev–Trinajstić information content (AvgIpc) is 3.32. The molecule has 2 aromatic rings. The number of amides is 1. The molecule has 0 spiro atoms. The monoisotopic (exact) mass is 525 g/mol. The Morgan fingerprint density at radius 3 is 2.22 bits per heavy atom. The van der Waals surface area contributed by atoms with Crippen molar-refractivity contribution in [2.24, 2.45) is 0 Å². The first kappa shape index (κ1) is 24.1. The normalized spacial score (nSPS) is 20.4. The second-order valence-electron chi connectivity index (χ2n) is 7.16. The summed E-state index contributed by atoms with van der Waals surface area (Å²) in [5.74, 6) is 0.887. The largest absolute Gasteiger partial charge is 0.439 e. The molecule has 1 amide bonds. The highest BCUT2D eigenvalue weighted by Crippen LogP contribution is 2.43. The van der Waals surface area contributed by atoms with E-state index in [0.717, 1.165) is 10.3 Å². The number of rotatable bonds is 2. The van der Waals surface area contributed by atoms with Crippen LogP contribution in [0.1, 0.15) is 35.6 Å². The van der Waals surface area contributed by atoms with Crippen LogP contribution in [0.15, 0.2) is 41.0 Å². The summed E-state index contributed by atoms with van der Waals surface area (Å²) in [6.07, 6.45) is -8.79. The van der Waals surface area contributed by atoms with E-state index in [1.165, 1.54) is 4.90 Å². The summed E-state index contributed by atoms with van der Waals surface area (Å²) in [5.41, 5.74) is -3.10. The third kappa shape index (κ3) is 5.45. The fraction of sp³-hybridized carbons (Fsp3) is 0.400. The highest BCUT2D eigenvalue weighted by atomic mass is 79.9. The second-order valence-corrected chi connectivity index (χ2v) is 8.07. The van der Waals surface area contributed by atoms with Gasteiger partial charge >= 0.3 is 18.4 Å². The van der Waals surface area contributed by atoms with Crippen molar-refractivity contribution in [3.05, 3.63) is 57.7 Å². The Morgan fingerprint density at radius 1 is 1.09 bits per heavy atom. The summed E-state index contributed by atoms with van der Waals surface area (Å²) in [6, 6.07) is 4.63. The van der Waals surface area contributed by atoms with Gasteiger partial charge in [-0.15, -0.1) is 0 Å². The van der Waals surface area contributed by atoms with Crippen LogP contribution in [0.5, 0.6) is 0 Å². The molecule has 3 heterocycles. The predicted molar refractivity (Wildman–Crippen MR) is 107 cm³/mol. The van der Waals surface area contributed by atoms with Gasteiger partial charge in [0.1, 0.15) is 11.9 Å². The van der Waals surface area contributed by atoms with E-state index < -0.39 is 41.7 Å². The summed E-state index contributed by atoms with van der Waals surface area (Å²) in [6.45, 7) is 0.394. The van der Waals surface area contributed by atoms with E-state index in [1.54, 1.807) is 6.20 Å². The van der Waals surface area contributed by atoms with Crippen LogP contribution in [-0.4, -0.2) is 35.6 Å². The molecule has 1 aromatic carbocycles. The SMILES string of the molecule is CNc1ccc(Br)cn1.O=C1OC(c2cc(C(F)(F)F)cc(C(F)(F)F)c2)C2CCCN12. The number of anilines is 1. The maximum atomic E-state index is 12.9. The van der Waals surface area contributed by atoms with Crippen LogP contribution in [0.2, 0.25) is 0 Å². The minimum Gasteiger partial charge on any atom is -0.439 e. The fourth-order valence-electron chi connectivity index (χ4n) is 3.55. The van der Waals surface area contributed by atoms with Crippen molar-refractivity contribution in [2.75, 3.05) is 18.9 Å². The van der Waals surface area contributed by atoms with Gasteiger partial charge in [-0.3, -0.25) is 0 Å². The molecule has 174 valence electrons. The summed E-state index contributed by atoms with van der Waals surface area (Å²) in [7, 11) is 1.84. The van der Waals surface area contributed by atoms with Crippen LogP contribution in [0.3, 0.4) is 0 Å². The van der Waals surface area contributed by atoms with E-state index in [-0.39, 0.29) is 11.6 Å². The Kier molecular flexibility index (Phi) is 6.91. The lowest BCUT2D eigenvalue weighted by molar-refractivity contribution is -0.143. The highest BCUT2D eigenvalue weighted by Gasteiger charge is 2.46. The lowest BCUT2D eigenvalue weighted by Crippen LogP contribution is -2.27. The molecule has 32 heavy (non-hydrogen) atoms. The molecule has 0 radical (unpaired) electrons. The zero-order chi connectivity index (χ0) is 23.7. The molecular formula is C20H18BrF6N3O2. The molecular weight excluding hydrogens is 508 g/mol. The molecule has 0 bridgehead atoms. The van der Waals surface area contributed by atoms with Gasteiger partial charge in [-0.25, -0.2) is 9.78 Å². The molecule has 2 aliphatic rings. The Morgan fingerprint density at radius 2 is 1.72 bits per heavy atom. The number of carbonyl (C=O) groups is 1. The number of benzene rings is 1. The number of ether oxygens (including phenoxy) is 1. The number of hydrogen-bond donors (Lipinski definition) is 1. The molecule has 2 atom stereocenters. The molecule has 2 aliphatic heterocycles. The fourth-order valence-corrected chi connectivity index (χ4v) is 3.78. The average molecular weight is 526 g/mol. The number of halogens is 7. The number of nitrogens with zero attached hydrogens (tertiary/aromatic N) is 2. The van der Waals surface area contributed by atoms with Crippen molar-refractivity contribution in [2.45, 2.75) is 37.3 Å². The zero-order valence-electron chi connectivity index (χ0n) is 16.6. The van der Waals surface area contributed by atoms with Crippen molar-refractivity contribution in [1.29, 1.82) is 0 Å². The molecule has 2 unspecified atom stereocenters. The molecule has 0 aliphatic carbocycles.